The highest BCUT2D eigenvalue weighted by molar-refractivity contribution is 9.10. The summed E-state index contributed by atoms with van der Waals surface area (Å²) in [5, 5.41) is 3.73. The lowest BCUT2D eigenvalue weighted by molar-refractivity contribution is 0.523. The fourth-order valence-electron chi connectivity index (χ4n) is 2.30. The normalized spacial score (nSPS) is 15.7. The molecule has 0 spiro atoms. The van der Waals surface area contributed by atoms with Crippen molar-refractivity contribution in [3.63, 3.8) is 0 Å². The lowest BCUT2D eigenvalue weighted by Crippen LogP contribution is -2.05. The Labute approximate surface area is 107 Å². The molecule has 0 bridgehead atoms. The first-order valence-electron chi connectivity index (χ1n) is 5.76. The summed E-state index contributed by atoms with van der Waals surface area (Å²) < 4.78 is 20.6. The third-order valence-corrected chi connectivity index (χ3v) is 3.80. The summed E-state index contributed by atoms with van der Waals surface area (Å²) in [6, 6.07) is 3.19. The lowest BCUT2D eigenvalue weighted by Gasteiger charge is -2.00. The highest BCUT2D eigenvalue weighted by Gasteiger charge is 2.32. The maximum absolute atomic E-state index is 14.0. The van der Waals surface area contributed by atoms with Crippen LogP contribution in [-0.2, 0) is 6.54 Å². The third kappa shape index (κ3) is 1.79. The Bertz CT molecular complexity index is 574. The van der Waals surface area contributed by atoms with Gasteiger partial charge in [-0.05, 0) is 53.9 Å². The summed E-state index contributed by atoms with van der Waals surface area (Å²) in [5.74, 6) is 1.16. The zero-order chi connectivity index (χ0) is 12.0. The van der Waals surface area contributed by atoms with E-state index in [0.717, 1.165) is 28.6 Å². The van der Waals surface area contributed by atoms with Crippen molar-refractivity contribution in [3.05, 3.63) is 33.7 Å². The van der Waals surface area contributed by atoms with Gasteiger partial charge in [-0.2, -0.15) is 0 Å². The minimum Gasteiger partial charge on any atom is -0.458 e. The number of furan rings is 1. The molecule has 0 saturated heterocycles. The van der Waals surface area contributed by atoms with Gasteiger partial charge < -0.3 is 9.73 Å². The minimum atomic E-state index is -0.184. The van der Waals surface area contributed by atoms with Crippen molar-refractivity contribution in [2.45, 2.75) is 25.3 Å². The van der Waals surface area contributed by atoms with Crippen LogP contribution in [0.5, 0.6) is 0 Å². The second-order valence-electron chi connectivity index (χ2n) is 4.48. The molecule has 1 N–H and O–H groups in total. The van der Waals surface area contributed by atoms with Gasteiger partial charge in [-0.25, -0.2) is 4.39 Å². The van der Waals surface area contributed by atoms with Gasteiger partial charge >= 0.3 is 0 Å². The molecule has 1 heterocycles. The Hall–Kier alpha value is -0.870. The van der Waals surface area contributed by atoms with Gasteiger partial charge in [0.2, 0.25) is 0 Å². The molecule has 1 aliphatic carbocycles. The Morgan fingerprint density at radius 2 is 2.24 bits per heavy atom. The van der Waals surface area contributed by atoms with E-state index in [1.165, 1.54) is 6.07 Å². The fourth-order valence-corrected chi connectivity index (χ4v) is 2.71. The molecular weight excluding hydrogens is 285 g/mol. The monoisotopic (exact) mass is 297 g/mol. The molecule has 1 aliphatic rings. The first-order chi connectivity index (χ1) is 8.22. The van der Waals surface area contributed by atoms with Crippen molar-refractivity contribution < 1.29 is 8.81 Å². The van der Waals surface area contributed by atoms with Gasteiger partial charge in [0.05, 0.1) is 16.4 Å². The minimum absolute atomic E-state index is 0.184. The average Bonchev–Trinajstić information content (AvgIpc) is 3.06. The molecule has 1 aromatic heterocycles. The van der Waals surface area contributed by atoms with Gasteiger partial charge in [-0.3, -0.25) is 0 Å². The van der Waals surface area contributed by atoms with Crippen LogP contribution in [0.4, 0.5) is 4.39 Å². The molecule has 90 valence electrons. The highest BCUT2D eigenvalue weighted by atomic mass is 79.9. The van der Waals surface area contributed by atoms with Crippen molar-refractivity contribution in [3.8, 4) is 0 Å². The van der Waals surface area contributed by atoms with Gasteiger partial charge in [-0.1, -0.05) is 0 Å². The van der Waals surface area contributed by atoms with Crippen LogP contribution in [0.2, 0.25) is 0 Å². The molecule has 17 heavy (non-hydrogen) atoms. The Kier molecular flexibility index (Phi) is 2.71. The first-order valence-corrected chi connectivity index (χ1v) is 6.55. The van der Waals surface area contributed by atoms with Crippen molar-refractivity contribution in [1.82, 2.24) is 5.32 Å². The van der Waals surface area contributed by atoms with Crippen LogP contribution in [-0.4, -0.2) is 7.05 Å². The predicted molar refractivity (Wildman–Crippen MR) is 68.6 cm³/mol. The van der Waals surface area contributed by atoms with E-state index in [0.29, 0.717) is 23.4 Å². The summed E-state index contributed by atoms with van der Waals surface area (Å²) in [7, 11) is 1.87. The van der Waals surface area contributed by atoms with E-state index in [9.17, 15) is 4.39 Å². The Morgan fingerprint density at radius 1 is 1.47 bits per heavy atom. The summed E-state index contributed by atoms with van der Waals surface area (Å²) in [6.45, 7) is 0.645. The van der Waals surface area contributed by atoms with E-state index < -0.39 is 0 Å². The zero-order valence-electron chi connectivity index (χ0n) is 9.52. The summed E-state index contributed by atoms with van der Waals surface area (Å²) >= 11 is 3.42. The number of rotatable bonds is 3. The largest absolute Gasteiger partial charge is 0.458 e. The Morgan fingerprint density at radius 3 is 2.88 bits per heavy atom. The molecule has 1 saturated carbocycles. The van der Waals surface area contributed by atoms with Crippen LogP contribution in [0.25, 0.3) is 11.0 Å². The maximum Gasteiger partial charge on any atom is 0.151 e. The Balaban J connectivity index is 2.30. The van der Waals surface area contributed by atoms with Crippen molar-refractivity contribution in [1.29, 1.82) is 0 Å². The molecule has 0 atom stereocenters. The topological polar surface area (TPSA) is 25.2 Å². The summed E-state index contributed by atoms with van der Waals surface area (Å²) in [5.41, 5.74) is 1.70. The van der Waals surface area contributed by atoms with Crippen molar-refractivity contribution >= 4 is 26.9 Å². The van der Waals surface area contributed by atoms with Gasteiger partial charge in [0, 0.05) is 5.56 Å². The van der Waals surface area contributed by atoms with E-state index in [4.69, 9.17) is 4.42 Å². The van der Waals surface area contributed by atoms with Gasteiger partial charge in [-0.15, -0.1) is 0 Å². The van der Waals surface area contributed by atoms with Crippen LogP contribution in [0.1, 0.15) is 30.1 Å². The molecule has 0 radical (unpaired) electrons. The van der Waals surface area contributed by atoms with Crippen molar-refractivity contribution in [2.75, 3.05) is 7.05 Å². The molecular formula is C13H13BrFNO. The predicted octanol–water partition coefficient (Wildman–Crippen LogP) is 3.93. The number of hydrogen-bond donors (Lipinski definition) is 1. The van der Waals surface area contributed by atoms with Gasteiger partial charge in [0.15, 0.2) is 5.58 Å². The second-order valence-corrected chi connectivity index (χ2v) is 5.33. The van der Waals surface area contributed by atoms with Crippen LogP contribution < -0.4 is 5.32 Å². The number of benzene rings is 1. The molecule has 0 aliphatic heterocycles. The van der Waals surface area contributed by atoms with Crippen LogP contribution in [0.3, 0.4) is 0 Å². The SMILES string of the molecule is CNCc1oc2c(Br)ccc(F)c2c1C1CC1. The van der Waals surface area contributed by atoms with E-state index in [1.807, 2.05) is 7.05 Å². The molecule has 0 amide bonds. The average molecular weight is 298 g/mol. The maximum atomic E-state index is 14.0. The molecule has 4 heteroatoms. The molecule has 1 aromatic carbocycles. The first kappa shape index (κ1) is 11.2. The van der Waals surface area contributed by atoms with E-state index in [2.05, 4.69) is 21.2 Å². The zero-order valence-corrected chi connectivity index (χ0v) is 11.1. The van der Waals surface area contributed by atoms with E-state index >= 15 is 0 Å². The summed E-state index contributed by atoms with van der Waals surface area (Å²) in [6.07, 6.45) is 2.27. The van der Waals surface area contributed by atoms with Crippen LogP contribution in [0.15, 0.2) is 21.0 Å². The molecule has 2 nitrogen and oxygen atoms in total. The standard InChI is InChI=1S/C13H13BrFNO/c1-16-6-10-11(7-2-3-7)12-9(15)5-4-8(14)13(12)17-10/h4-5,7,16H,2-3,6H2,1H3. The van der Waals surface area contributed by atoms with Crippen molar-refractivity contribution in [2.24, 2.45) is 0 Å². The molecule has 2 aromatic rings. The third-order valence-electron chi connectivity index (χ3n) is 3.18. The van der Waals surface area contributed by atoms with Gasteiger partial charge in [0.25, 0.3) is 0 Å². The summed E-state index contributed by atoms with van der Waals surface area (Å²) in [4.78, 5) is 0. The van der Waals surface area contributed by atoms with Gasteiger partial charge in [0.1, 0.15) is 11.6 Å². The van der Waals surface area contributed by atoms with Crippen LogP contribution >= 0.6 is 15.9 Å². The number of hydrogen-bond acceptors (Lipinski definition) is 2. The molecule has 0 unspecified atom stereocenters. The quantitative estimate of drug-likeness (QED) is 0.928. The second kappa shape index (κ2) is 4.10. The molecule has 1 fully saturated rings. The lowest BCUT2D eigenvalue weighted by atomic mass is 10.1. The van der Waals surface area contributed by atoms with Crippen LogP contribution in [0, 0.1) is 5.82 Å². The molecule has 3 rings (SSSR count). The number of nitrogens with one attached hydrogen (secondary N) is 1. The number of fused-ring (bicyclic) bond motifs is 1. The fraction of sp³-hybridized carbons (Fsp3) is 0.385. The van der Waals surface area contributed by atoms with E-state index in [1.54, 1.807) is 6.07 Å². The highest BCUT2D eigenvalue weighted by Crippen LogP contribution is 2.47. The smallest absolute Gasteiger partial charge is 0.151 e. The number of halogens is 2. The van der Waals surface area contributed by atoms with E-state index in [-0.39, 0.29) is 5.82 Å².